The van der Waals surface area contributed by atoms with E-state index in [0.29, 0.717) is 11.6 Å². The van der Waals surface area contributed by atoms with E-state index in [2.05, 4.69) is 16.0 Å². The number of hydrogen-bond donors (Lipinski definition) is 1. The van der Waals surface area contributed by atoms with Crippen molar-refractivity contribution in [2.45, 2.75) is 76.8 Å². The minimum atomic E-state index is -3.48. The Morgan fingerprint density at radius 3 is 2.67 bits per heavy atom. The summed E-state index contributed by atoms with van der Waals surface area (Å²) >= 11 is 8.20. The summed E-state index contributed by atoms with van der Waals surface area (Å²) in [5, 5.41) is 10.4. The van der Waals surface area contributed by atoms with Gasteiger partial charge < -0.3 is 10.0 Å². The monoisotopic (exact) mass is 547 g/mol. The SMILES string of the molecule is CC1(C)C[C@@H](N2CCCc3cc(Cl)cc(-c4ccnc5cc(CO)sc45)c32)CN1S(=O)(=O)C(C)(C)C. The van der Waals surface area contributed by atoms with Gasteiger partial charge in [-0.15, -0.1) is 11.3 Å². The van der Waals surface area contributed by atoms with E-state index < -0.39 is 20.3 Å². The second-order valence-electron chi connectivity index (χ2n) is 11.5. The summed E-state index contributed by atoms with van der Waals surface area (Å²) in [5.74, 6) is 0. The molecule has 0 aliphatic carbocycles. The van der Waals surface area contributed by atoms with Crippen LogP contribution < -0.4 is 4.90 Å². The van der Waals surface area contributed by atoms with Crippen LogP contribution in [0.3, 0.4) is 0 Å². The number of aromatic nitrogens is 1. The molecule has 194 valence electrons. The van der Waals surface area contributed by atoms with Gasteiger partial charge in [-0.05, 0) is 83.7 Å². The maximum atomic E-state index is 13.5. The van der Waals surface area contributed by atoms with Crippen LogP contribution in [-0.2, 0) is 23.1 Å². The number of aliphatic hydroxyl groups is 1. The molecule has 2 aliphatic heterocycles. The molecule has 3 aromatic rings. The highest BCUT2D eigenvalue weighted by atomic mass is 35.5. The van der Waals surface area contributed by atoms with Gasteiger partial charge >= 0.3 is 0 Å². The van der Waals surface area contributed by atoms with Crippen LogP contribution in [0.4, 0.5) is 5.69 Å². The molecule has 0 unspecified atom stereocenters. The Morgan fingerprint density at radius 1 is 1.22 bits per heavy atom. The fourth-order valence-corrected chi connectivity index (χ4v) is 8.73. The number of fused-ring (bicyclic) bond motifs is 2. The second-order valence-corrected chi connectivity index (χ2v) is 15.7. The molecule has 0 radical (unpaired) electrons. The molecule has 0 saturated carbocycles. The molecule has 1 N–H and O–H groups in total. The predicted octanol–water partition coefficient (Wildman–Crippen LogP) is 5.84. The van der Waals surface area contributed by atoms with E-state index in [4.69, 9.17) is 11.6 Å². The van der Waals surface area contributed by atoms with E-state index in [9.17, 15) is 13.5 Å². The van der Waals surface area contributed by atoms with Crippen LogP contribution in [0.1, 0.15) is 57.9 Å². The second kappa shape index (κ2) is 8.95. The van der Waals surface area contributed by atoms with Gasteiger partial charge in [0.1, 0.15) is 0 Å². The predicted molar refractivity (Wildman–Crippen MR) is 150 cm³/mol. The molecular weight excluding hydrogens is 514 g/mol. The first-order valence-electron chi connectivity index (χ1n) is 12.4. The molecule has 36 heavy (non-hydrogen) atoms. The van der Waals surface area contributed by atoms with E-state index in [1.807, 2.05) is 38.2 Å². The number of anilines is 1. The zero-order valence-electron chi connectivity index (χ0n) is 21.5. The lowest BCUT2D eigenvalue weighted by atomic mass is 9.91. The molecule has 5 rings (SSSR count). The van der Waals surface area contributed by atoms with E-state index in [1.165, 1.54) is 5.56 Å². The number of nitrogens with zero attached hydrogens (tertiary/aromatic N) is 3. The highest BCUT2D eigenvalue weighted by Crippen LogP contribution is 2.47. The van der Waals surface area contributed by atoms with Crippen LogP contribution in [0.2, 0.25) is 5.02 Å². The lowest BCUT2D eigenvalue weighted by Crippen LogP contribution is -2.50. The van der Waals surface area contributed by atoms with Gasteiger partial charge in [-0.1, -0.05) is 11.6 Å². The van der Waals surface area contributed by atoms with Crippen LogP contribution in [0.5, 0.6) is 0 Å². The number of hydrogen-bond acceptors (Lipinski definition) is 6. The van der Waals surface area contributed by atoms with E-state index in [1.54, 1.807) is 36.4 Å². The van der Waals surface area contributed by atoms with Gasteiger partial charge in [-0.25, -0.2) is 8.42 Å². The number of benzene rings is 1. The first kappa shape index (κ1) is 25.9. The summed E-state index contributed by atoms with van der Waals surface area (Å²) in [5.41, 5.74) is 4.82. The first-order valence-corrected chi connectivity index (χ1v) is 15.1. The summed E-state index contributed by atoms with van der Waals surface area (Å²) in [6, 6.07) is 8.10. The van der Waals surface area contributed by atoms with Crippen molar-refractivity contribution in [3.8, 4) is 11.1 Å². The number of rotatable bonds is 4. The fourth-order valence-electron chi connectivity index (χ4n) is 5.73. The fraction of sp³-hybridized carbons (Fsp3) is 0.519. The van der Waals surface area contributed by atoms with Crippen molar-refractivity contribution in [3.05, 3.63) is 45.9 Å². The maximum absolute atomic E-state index is 13.5. The Morgan fingerprint density at radius 2 is 1.97 bits per heavy atom. The van der Waals surface area contributed by atoms with Crippen molar-refractivity contribution >= 4 is 48.9 Å². The van der Waals surface area contributed by atoms with Crippen LogP contribution in [0.15, 0.2) is 30.5 Å². The summed E-state index contributed by atoms with van der Waals surface area (Å²) in [6.07, 6.45) is 4.49. The topological polar surface area (TPSA) is 73.7 Å². The number of sulfonamides is 1. The van der Waals surface area contributed by atoms with Gasteiger partial charge in [-0.2, -0.15) is 4.31 Å². The summed E-state index contributed by atoms with van der Waals surface area (Å²) in [7, 11) is -3.48. The lowest BCUT2D eigenvalue weighted by molar-refractivity contribution is 0.284. The zero-order valence-corrected chi connectivity index (χ0v) is 23.9. The standard InChI is InChI=1S/C27H34ClN3O3S2/c1-26(2,3)36(33,34)31-15-19(14-27(31,4)5)30-10-6-7-17-11-18(28)12-22(24(17)30)21-8-9-29-23-13-20(16-32)35-25(21)23/h8-9,11-13,19,32H,6-7,10,14-16H2,1-5H3/t19-/m1/s1. The van der Waals surface area contributed by atoms with Gasteiger partial charge in [0.2, 0.25) is 10.0 Å². The number of thiophene rings is 1. The molecule has 2 aliphatic rings. The highest BCUT2D eigenvalue weighted by Gasteiger charge is 2.50. The summed E-state index contributed by atoms with van der Waals surface area (Å²) in [6.45, 7) is 10.7. The molecule has 4 heterocycles. The zero-order chi connectivity index (χ0) is 26.0. The summed E-state index contributed by atoms with van der Waals surface area (Å²) in [4.78, 5) is 7.83. The molecule has 0 bridgehead atoms. The van der Waals surface area contributed by atoms with E-state index >= 15 is 0 Å². The van der Waals surface area contributed by atoms with Gasteiger partial charge in [0.25, 0.3) is 0 Å². The minimum Gasteiger partial charge on any atom is -0.391 e. The van der Waals surface area contributed by atoms with Crippen molar-refractivity contribution in [1.82, 2.24) is 9.29 Å². The van der Waals surface area contributed by atoms with Crippen molar-refractivity contribution in [2.75, 3.05) is 18.0 Å². The summed E-state index contributed by atoms with van der Waals surface area (Å²) < 4.78 is 28.9. The van der Waals surface area contributed by atoms with Crippen LogP contribution in [0.25, 0.3) is 21.3 Å². The van der Waals surface area contributed by atoms with Crippen LogP contribution in [0, 0.1) is 0 Å². The van der Waals surface area contributed by atoms with Crippen molar-refractivity contribution in [1.29, 1.82) is 0 Å². The normalized spacial score (nSPS) is 20.8. The van der Waals surface area contributed by atoms with Crippen LogP contribution in [-0.4, -0.2) is 52.2 Å². The van der Waals surface area contributed by atoms with Gasteiger partial charge in [0.05, 0.1) is 21.6 Å². The number of aryl methyl sites for hydroxylation is 1. The van der Waals surface area contributed by atoms with E-state index in [0.717, 1.165) is 57.7 Å². The van der Waals surface area contributed by atoms with Gasteiger partial charge in [0.15, 0.2) is 0 Å². The smallest absolute Gasteiger partial charge is 0.219 e. The van der Waals surface area contributed by atoms with Gasteiger partial charge in [-0.3, -0.25) is 4.98 Å². The Balaban J connectivity index is 1.63. The van der Waals surface area contributed by atoms with Crippen molar-refractivity contribution in [3.63, 3.8) is 0 Å². The molecular formula is C27H34ClN3O3S2. The quantitative estimate of drug-likeness (QED) is 0.444. The molecule has 0 spiro atoms. The largest absolute Gasteiger partial charge is 0.391 e. The first-order chi connectivity index (χ1) is 16.8. The molecule has 1 atom stereocenters. The van der Waals surface area contributed by atoms with Crippen molar-refractivity contribution < 1.29 is 13.5 Å². The maximum Gasteiger partial charge on any atom is 0.219 e. The Kier molecular flexibility index (Phi) is 6.44. The van der Waals surface area contributed by atoms with Gasteiger partial charge in [0, 0.05) is 57.6 Å². The molecule has 1 fully saturated rings. The third kappa shape index (κ3) is 4.25. The molecule has 2 aromatic heterocycles. The van der Waals surface area contributed by atoms with E-state index in [-0.39, 0.29) is 12.6 Å². The Hall–Kier alpha value is -1.71. The molecule has 6 nitrogen and oxygen atoms in total. The third-order valence-corrected chi connectivity index (χ3v) is 11.6. The minimum absolute atomic E-state index is 0.0184. The number of pyridine rings is 1. The third-order valence-electron chi connectivity index (χ3n) is 7.49. The average molecular weight is 548 g/mol. The highest BCUT2D eigenvalue weighted by molar-refractivity contribution is 7.90. The number of halogens is 1. The lowest BCUT2D eigenvalue weighted by Gasteiger charge is -2.38. The average Bonchev–Trinajstić information content (AvgIpc) is 3.37. The molecule has 0 amide bonds. The van der Waals surface area contributed by atoms with Crippen molar-refractivity contribution in [2.24, 2.45) is 0 Å². The molecule has 1 saturated heterocycles. The Bertz CT molecular complexity index is 1430. The molecule has 9 heteroatoms. The Labute approximate surface area is 223 Å². The molecule has 1 aromatic carbocycles. The van der Waals surface area contributed by atoms with Crippen LogP contribution >= 0.6 is 22.9 Å². The number of aliphatic hydroxyl groups excluding tert-OH is 1.